The van der Waals surface area contributed by atoms with E-state index in [0.717, 1.165) is 0 Å². The van der Waals surface area contributed by atoms with Crippen molar-refractivity contribution in [2.24, 2.45) is 0 Å². The molecule has 0 spiro atoms. The molecule has 0 aliphatic rings. The van der Waals surface area contributed by atoms with Gasteiger partial charge < -0.3 is 14.8 Å². The van der Waals surface area contributed by atoms with E-state index in [9.17, 15) is 9.59 Å². The van der Waals surface area contributed by atoms with E-state index in [2.05, 4.69) is 5.32 Å². The molecular weight excluding hydrogens is 413 g/mol. The molecule has 3 aromatic rings. The first-order valence-corrected chi connectivity index (χ1v) is 9.38. The van der Waals surface area contributed by atoms with Gasteiger partial charge in [0.2, 0.25) is 0 Å². The lowest BCUT2D eigenvalue weighted by molar-refractivity contribution is 0.0920. The van der Waals surface area contributed by atoms with Crippen molar-refractivity contribution in [2.75, 3.05) is 19.0 Å². The molecule has 0 saturated carbocycles. The Hall–Kier alpha value is -3.02. The Morgan fingerprint density at radius 2 is 1.59 bits per heavy atom. The minimum atomic E-state index is -0.338. The third-order valence-corrected chi connectivity index (χ3v) is 4.79. The number of halogens is 2. The van der Waals surface area contributed by atoms with Gasteiger partial charge in [0.05, 0.1) is 17.2 Å². The zero-order valence-corrected chi connectivity index (χ0v) is 17.0. The number of carbonyl (C=O) groups excluding carboxylic acids is 2. The molecule has 0 aromatic heterocycles. The summed E-state index contributed by atoms with van der Waals surface area (Å²) in [5, 5.41) is 3.43. The van der Waals surface area contributed by atoms with Gasteiger partial charge in [-0.15, -0.1) is 0 Å². The number of benzene rings is 3. The van der Waals surface area contributed by atoms with E-state index in [4.69, 9.17) is 32.7 Å². The fourth-order valence-electron chi connectivity index (χ4n) is 2.51. The number of anilines is 1. The number of nitrogens with one attached hydrogen (secondary N) is 1. The summed E-state index contributed by atoms with van der Waals surface area (Å²) in [7, 11) is 1.56. The van der Waals surface area contributed by atoms with Crippen LogP contribution >= 0.6 is 23.2 Å². The van der Waals surface area contributed by atoms with Crippen LogP contribution in [0.25, 0.3) is 0 Å². The number of ether oxygens (including phenoxy) is 2. The molecule has 1 amide bonds. The van der Waals surface area contributed by atoms with Crippen LogP contribution in [0, 0.1) is 0 Å². The van der Waals surface area contributed by atoms with Crippen molar-refractivity contribution in [3.63, 3.8) is 0 Å². The molecular formula is C22H17Cl2NO4. The number of amides is 1. The molecule has 3 rings (SSSR count). The molecule has 0 aliphatic heterocycles. The van der Waals surface area contributed by atoms with E-state index >= 15 is 0 Å². The number of Topliss-reactive ketones (excluding diaryl/α,β-unsaturated/α-hetero) is 1. The van der Waals surface area contributed by atoms with Crippen LogP contribution in [0.15, 0.2) is 66.7 Å². The first-order chi connectivity index (χ1) is 14.0. The van der Waals surface area contributed by atoms with Crippen molar-refractivity contribution in [1.82, 2.24) is 0 Å². The molecule has 0 heterocycles. The highest BCUT2D eigenvalue weighted by Gasteiger charge is 2.10. The van der Waals surface area contributed by atoms with Crippen LogP contribution < -0.4 is 14.8 Å². The van der Waals surface area contributed by atoms with Crippen molar-refractivity contribution in [3.8, 4) is 11.5 Å². The lowest BCUT2D eigenvalue weighted by atomic mass is 10.1. The third-order valence-electron chi connectivity index (χ3n) is 4.06. The van der Waals surface area contributed by atoms with Crippen molar-refractivity contribution in [3.05, 3.63) is 87.9 Å². The second-order valence-electron chi connectivity index (χ2n) is 6.05. The summed E-state index contributed by atoms with van der Waals surface area (Å²) >= 11 is 11.8. The standard InChI is InChI=1S/C22H17Cl2NO4/c1-28-17-8-5-14(6-9-17)21(26)13-29-18-4-2-3-16(12-18)25-22(27)15-7-10-19(23)20(24)11-15/h2-12H,13H2,1H3,(H,25,27). The van der Waals surface area contributed by atoms with Crippen LogP contribution in [-0.4, -0.2) is 25.4 Å². The number of hydrogen-bond acceptors (Lipinski definition) is 4. The molecule has 0 saturated heterocycles. The molecule has 0 fully saturated rings. The Kier molecular flexibility index (Phi) is 6.75. The highest BCUT2D eigenvalue weighted by molar-refractivity contribution is 6.42. The number of hydrogen-bond donors (Lipinski definition) is 1. The number of methoxy groups -OCH3 is 1. The first-order valence-electron chi connectivity index (χ1n) is 8.63. The SMILES string of the molecule is COc1ccc(C(=O)COc2cccc(NC(=O)c3ccc(Cl)c(Cl)c3)c2)cc1. The van der Waals surface area contributed by atoms with Crippen LogP contribution in [0.2, 0.25) is 10.0 Å². The summed E-state index contributed by atoms with van der Waals surface area (Å²) in [4.78, 5) is 24.6. The smallest absolute Gasteiger partial charge is 0.255 e. The van der Waals surface area contributed by atoms with Gasteiger partial charge in [0.15, 0.2) is 12.4 Å². The predicted octanol–water partition coefficient (Wildman–Crippen LogP) is 5.52. The van der Waals surface area contributed by atoms with Gasteiger partial charge in [-0.1, -0.05) is 29.3 Å². The topological polar surface area (TPSA) is 64.6 Å². The quantitative estimate of drug-likeness (QED) is 0.502. The summed E-state index contributed by atoms with van der Waals surface area (Å²) in [5.74, 6) is 0.625. The van der Waals surface area contributed by atoms with Gasteiger partial charge in [-0.05, 0) is 54.6 Å². The van der Waals surface area contributed by atoms with E-state index in [0.29, 0.717) is 38.4 Å². The lowest BCUT2D eigenvalue weighted by Crippen LogP contribution is -2.13. The Bertz CT molecular complexity index is 1040. The largest absolute Gasteiger partial charge is 0.497 e. The van der Waals surface area contributed by atoms with Gasteiger partial charge in [0, 0.05) is 22.9 Å². The van der Waals surface area contributed by atoms with E-state index in [1.54, 1.807) is 67.8 Å². The van der Waals surface area contributed by atoms with E-state index in [-0.39, 0.29) is 18.3 Å². The van der Waals surface area contributed by atoms with Crippen LogP contribution in [0.1, 0.15) is 20.7 Å². The monoisotopic (exact) mass is 429 g/mol. The molecule has 0 radical (unpaired) electrons. The van der Waals surface area contributed by atoms with Crippen molar-refractivity contribution >= 4 is 40.6 Å². The highest BCUT2D eigenvalue weighted by atomic mass is 35.5. The van der Waals surface area contributed by atoms with Crippen LogP contribution in [0.3, 0.4) is 0 Å². The second kappa shape index (κ2) is 9.45. The van der Waals surface area contributed by atoms with Crippen molar-refractivity contribution < 1.29 is 19.1 Å². The number of rotatable bonds is 7. The normalized spacial score (nSPS) is 10.3. The maximum atomic E-state index is 12.4. The molecule has 1 N–H and O–H groups in total. The second-order valence-corrected chi connectivity index (χ2v) is 6.87. The minimum Gasteiger partial charge on any atom is -0.497 e. The average Bonchev–Trinajstić information content (AvgIpc) is 2.74. The molecule has 0 atom stereocenters. The Morgan fingerprint density at radius 3 is 2.28 bits per heavy atom. The van der Waals surface area contributed by atoms with Gasteiger partial charge in [0.25, 0.3) is 5.91 Å². The molecule has 3 aromatic carbocycles. The Balaban J connectivity index is 1.62. The molecule has 0 unspecified atom stereocenters. The molecule has 7 heteroatoms. The maximum absolute atomic E-state index is 12.4. The van der Waals surface area contributed by atoms with Gasteiger partial charge in [-0.2, -0.15) is 0 Å². The first kappa shape index (κ1) is 20.7. The predicted molar refractivity (Wildman–Crippen MR) is 114 cm³/mol. The zero-order valence-electron chi connectivity index (χ0n) is 15.4. The lowest BCUT2D eigenvalue weighted by Gasteiger charge is -2.10. The Labute approximate surface area is 178 Å². The van der Waals surface area contributed by atoms with E-state index in [1.807, 2.05) is 0 Å². The molecule has 148 valence electrons. The molecule has 0 aliphatic carbocycles. The summed E-state index contributed by atoms with van der Waals surface area (Å²) in [6, 6.07) is 18.2. The fourth-order valence-corrected chi connectivity index (χ4v) is 2.81. The highest BCUT2D eigenvalue weighted by Crippen LogP contribution is 2.24. The van der Waals surface area contributed by atoms with E-state index in [1.165, 1.54) is 6.07 Å². The molecule has 5 nitrogen and oxygen atoms in total. The molecule has 29 heavy (non-hydrogen) atoms. The minimum absolute atomic E-state index is 0.128. The van der Waals surface area contributed by atoms with Gasteiger partial charge in [0.1, 0.15) is 11.5 Å². The fraction of sp³-hybridized carbons (Fsp3) is 0.0909. The van der Waals surface area contributed by atoms with Crippen molar-refractivity contribution in [2.45, 2.75) is 0 Å². The van der Waals surface area contributed by atoms with E-state index < -0.39 is 0 Å². The summed E-state index contributed by atoms with van der Waals surface area (Å²) < 4.78 is 10.6. The summed E-state index contributed by atoms with van der Waals surface area (Å²) in [5.41, 5.74) is 1.42. The van der Waals surface area contributed by atoms with Gasteiger partial charge in [-0.25, -0.2) is 0 Å². The van der Waals surface area contributed by atoms with Gasteiger partial charge in [-0.3, -0.25) is 9.59 Å². The number of carbonyl (C=O) groups is 2. The van der Waals surface area contributed by atoms with Crippen LogP contribution in [0.4, 0.5) is 5.69 Å². The summed E-state index contributed by atoms with van der Waals surface area (Å²) in [6.45, 7) is -0.128. The number of ketones is 1. The third kappa shape index (κ3) is 5.50. The summed E-state index contributed by atoms with van der Waals surface area (Å²) in [6.07, 6.45) is 0. The van der Waals surface area contributed by atoms with Crippen LogP contribution in [-0.2, 0) is 0 Å². The Morgan fingerprint density at radius 1 is 0.862 bits per heavy atom. The van der Waals surface area contributed by atoms with Crippen molar-refractivity contribution in [1.29, 1.82) is 0 Å². The molecule has 0 bridgehead atoms. The maximum Gasteiger partial charge on any atom is 0.255 e. The average molecular weight is 430 g/mol. The zero-order chi connectivity index (χ0) is 20.8. The van der Waals surface area contributed by atoms with Gasteiger partial charge >= 0.3 is 0 Å². The van der Waals surface area contributed by atoms with Crippen LogP contribution in [0.5, 0.6) is 11.5 Å².